The number of para-hydroxylation sites is 2. The van der Waals surface area contributed by atoms with Crippen LogP contribution in [0.4, 0.5) is 5.13 Å². The van der Waals surface area contributed by atoms with Gasteiger partial charge in [0.05, 0.1) is 10.2 Å². The van der Waals surface area contributed by atoms with Gasteiger partial charge in [0.2, 0.25) is 6.10 Å². The highest BCUT2D eigenvalue weighted by Gasteiger charge is 2.28. The van der Waals surface area contributed by atoms with Crippen LogP contribution >= 0.6 is 11.3 Å². The van der Waals surface area contributed by atoms with Crippen LogP contribution in [0, 0.1) is 13.8 Å². The first-order chi connectivity index (χ1) is 11.6. The minimum absolute atomic E-state index is 0.186. The second-order valence-corrected chi connectivity index (χ2v) is 6.76. The molecule has 5 nitrogen and oxygen atoms in total. The van der Waals surface area contributed by atoms with E-state index < -0.39 is 6.10 Å². The molecule has 0 spiro atoms. The molecular formula is C18H16N2O3S. The lowest BCUT2D eigenvalue weighted by molar-refractivity contribution is -0.125. The average molecular weight is 340 g/mol. The minimum Gasteiger partial charge on any atom is -0.485 e. The van der Waals surface area contributed by atoms with Gasteiger partial charge >= 0.3 is 0 Å². The Balaban J connectivity index is 1.54. The predicted molar refractivity (Wildman–Crippen MR) is 94.1 cm³/mol. The Morgan fingerprint density at radius 3 is 2.83 bits per heavy atom. The molecule has 4 rings (SSSR count). The first-order valence-corrected chi connectivity index (χ1v) is 8.49. The number of aromatic nitrogens is 1. The fraction of sp³-hybridized carbons (Fsp3) is 0.222. The van der Waals surface area contributed by atoms with Gasteiger partial charge in [-0.3, -0.25) is 10.1 Å². The highest BCUT2D eigenvalue weighted by atomic mass is 32.1. The number of carbonyl (C=O) groups excluding carboxylic acids is 1. The number of amides is 1. The monoisotopic (exact) mass is 340 g/mol. The first kappa shape index (κ1) is 15.0. The third-order valence-electron chi connectivity index (χ3n) is 4.12. The van der Waals surface area contributed by atoms with Crippen molar-refractivity contribution in [1.82, 2.24) is 4.98 Å². The molecular weight excluding hydrogens is 324 g/mol. The van der Waals surface area contributed by atoms with Gasteiger partial charge < -0.3 is 9.47 Å². The van der Waals surface area contributed by atoms with Crippen molar-refractivity contribution in [1.29, 1.82) is 0 Å². The summed E-state index contributed by atoms with van der Waals surface area (Å²) in [5.74, 6) is 0.991. The Morgan fingerprint density at radius 2 is 2.00 bits per heavy atom. The Morgan fingerprint density at radius 1 is 1.21 bits per heavy atom. The number of aryl methyl sites for hydroxylation is 2. The van der Waals surface area contributed by atoms with Crippen molar-refractivity contribution < 1.29 is 14.3 Å². The van der Waals surface area contributed by atoms with Crippen molar-refractivity contribution in [2.75, 3.05) is 11.9 Å². The molecule has 0 saturated heterocycles. The number of hydrogen-bond acceptors (Lipinski definition) is 5. The maximum atomic E-state index is 12.5. The van der Waals surface area contributed by atoms with E-state index >= 15 is 0 Å². The highest BCUT2D eigenvalue weighted by Crippen LogP contribution is 2.32. The molecule has 24 heavy (non-hydrogen) atoms. The molecule has 1 N–H and O–H groups in total. The molecule has 1 aliphatic rings. The van der Waals surface area contributed by atoms with Crippen LogP contribution < -0.4 is 14.8 Å². The molecule has 2 heterocycles. The number of nitrogens with zero attached hydrogens (tertiary/aromatic N) is 1. The van der Waals surface area contributed by atoms with Crippen molar-refractivity contribution in [3.8, 4) is 11.5 Å². The molecule has 122 valence electrons. The molecule has 0 saturated carbocycles. The molecule has 0 radical (unpaired) electrons. The zero-order valence-corrected chi connectivity index (χ0v) is 14.1. The van der Waals surface area contributed by atoms with Gasteiger partial charge in [0, 0.05) is 0 Å². The normalized spacial score (nSPS) is 16.2. The van der Waals surface area contributed by atoms with Gasteiger partial charge in [-0.15, -0.1) is 0 Å². The van der Waals surface area contributed by atoms with E-state index in [1.165, 1.54) is 16.9 Å². The van der Waals surface area contributed by atoms with E-state index in [4.69, 9.17) is 9.47 Å². The summed E-state index contributed by atoms with van der Waals surface area (Å²) < 4.78 is 12.4. The molecule has 1 amide bonds. The molecule has 1 aliphatic heterocycles. The first-order valence-electron chi connectivity index (χ1n) is 7.68. The predicted octanol–water partition coefficient (Wildman–Crippen LogP) is 3.69. The Labute approximate surface area is 143 Å². The third-order valence-corrected chi connectivity index (χ3v) is 5.05. The number of rotatable bonds is 2. The fourth-order valence-corrected chi connectivity index (χ4v) is 3.54. The van der Waals surface area contributed by atoms with Gasteiger partial charge in [0.1, 0.15) is 6.61 Å². The summed E-state index contributed by atoms with van der Waals surface area (Å²) in [7, 11) is 0. The summed E-state index contributed by atoms with van der Waals surface area (Å²) in [6.07, 6.45) is -0.685. The average Bonchev–Trinajstić information content (AvgIpc) is 3.01. The lowest BCUT2D eigenvalue weighted by atomic mass is 10.1. The van der Waals surface area contributed by atoms with E-state index in [0.717, 1.165) is 15.8 Å². The Hall–Kier alpha value is -2.60. The summed E-state index contributed by atoms with van der Waals surface area (Å²) in [5, 5.41) is 3.42. The van der Waals surface area contributed by atoms with Crippen LogP contribution in [0.3, 0.4) is 0 Å². The summed E-state index contributed by atoms with van der Waals surface area (Å²) >= 11 is 1.46. The zero-order chi connectivity index (χ0) is 16.7. The van der Waals surface area contributed by atoms with Gasteiger partial charge in [-0.05, 0) is 43.2 Å². The Kier molecular flexibility index (Phi) is 3.61. The number of benzene rings is 2. The van der Waals surface area contributed by atoms with Gasteiger partial charge in [-0.25, -0.2) is 4.98 Å². The summed E-state index contributed by atoms with van der Waals surface area (Å²) in [6, 6.07) is 11.4. The third kappa shape index (κ3) is 2.59. The number of thiazole rings is 1. The molecule has 0 aliphatic carbocycles. The van der Waals surface area contributed by atoms with E-state index in [1.807, 2.05) is 31.2 Å². The molecule has 6 heteroatoms. The molecule has 2 aromatic carbocycles. The largest absolute Gasteiger partial charge is 0.485 e. The van der Waals surface area contributed by atoms with Crippen molar-refractivity contribution in [2.24, 2.45) is 0 Å². The number of anilines is 1. The second kappa shape index (κ2) is 5.79. The van der Waals surface area contributed by atoms with Crippen LogP contribution in [0.25, 0.3) is 10.2 Å². The standard InChI is InChI=1S/C18H16N2O3S/c1-10-7-8-15-16(11(10)2)19-18(24-15)20-17(21)14-9-22-12-5-3-4-6-13(12)23-14/h3-8,14H,9H2,1-2H3,(H,19,20,21)/t14-/m0/s1. The van der Waals surface area contributed by atoms with Crippen LogP contribution in [0.1, 0.15) is 11.1 Å². The van der Waals surface area contributed by atoms with E-state index in [2.05, 4.69) is 23.3 Å². The minimum atomic E-state index is -0.685. The quantitative estimate of drug-likeness (QED) is 0.773. The van der Waals surface area contributed by atoms with Crippen LogP contribution in [0.15, 0.2) is 36.4 Å². The lowest BCUT2D eigenvalue weighted by Gasteiger charge is -2.25. The smallest absolute Gasteiger partial charge is 0.270 e. The van der Waals surface area contributed by atoms with Crippen LogP contribution in [-0.4, -0.2) is 23.6 Å². The van der Waals surface area contributed by atoms with Crippen LogP contribution in [0.5, 0.6) is 11.5 Å². The SMILES string of the molecule is Cc1ccc2sc(NC(=O)[C@@H]3COc4ccccc4O3)nc2c1C. The fourth-order valence-electron chi connectivity index (χ4n) is 2.61. The number of carbonyl (C=O) groups is 1. The Bertz CT molecular complexity index is 935. The van der Waals surface area contributed by atoms with E-state index in [-0.39, 0.29) is 12.5 Å². The van der Waals surface area contributed by atoms with E-state index in [9.17, 15) is 4.79 Å². The maximum Gasteiger partial charge on any atom is 0.270 e. The molecule has 1 atom stereocenters. The molecule has 0 bridgehead atoms. The van der Waals surface area contributed by atoms with Crippen molar-refractivity contribution in [3.05, 3.63) is 47.5 Å². The number of ether oxygens (including phenoxy) is 2. The van der Waals surface area contributed by atoms with Gasteiger partial charge in [-0.2, -0.15) is 0 Å². The van der Waals surface area contributed by atoms with Gasteiger partial charge in [0.25, 0.3) is 5.91 Å². The van der Waals surface area contributed by atoms with Crippen LogP contribution in [0.2, 0.25) is 0 Å². The zero-order valence-electron chi connectivity index (χ0n) is 13.3. The molecule has 0 unspecified atom stereocenters. The highest BCUT2D eigenvalue weighted by molar-refractivity contribution is 7.22. The summed E-state index contributed by atoms with van der Waals surface area (Å²) in [5.41, 5.74) is 3.25. The second-order valence-electron chi connectivity index (χ2n) is 5.73. The number of nitrogens with one attached hydrogen (secondary N) is 1. The van der Waals surface area contributed by atoms with Crippen molar-refractivity contribution >= 4 is 32.6 Å². The summed E-state index contributed by atoms with van der Waals surface area (Å²) in [4.78, 5) is 17.0. The van der Waals surface area contributed by atoms with E-state index in [1.54, 1.807) is 6.07 Å². The van der Waals surface area contributed by atoms with Gasteiger partial charge in [-0.1, -0.05) is 29.5 Å². The maximum absolute atomic E-state index is 12.5. The van der Waals surface area contributed by atoms with Crippen molar-refractivity contribution in [3.63, 3.8) is 0 Å². The summed E-state index contributed by atoms with van der Waals surface area (Å²) in [6.45, 7) is 4.28. The van der Waals surface area contributed by atoms with Gasteiger partial charge in [0.15, 0.2) is 16.6 Å². The molecule has 3 aromatic rings. The van der Waals surface area contributed by atoms with Crippen molar-refractivity contribution in [2.45, 2.75) is 20.0 Å². The molecule has 0 fully saturated rings. The topological polar surface area (TPSA) is 60.5 Å². The van der Waals surface area contributed by atoms with E-state index in [0.29, 0.717) is 16.6 Å². The number of fused-ring (bicyclic) bond motifs is 2. The number of hydrogen-bond donors (Lipinski definition) is 1. The lowest BCUT2D eigenvalue weighted by Crippen LogP contribution is -2.40. The molecule has 1 aromatic heterocycles. The van der Waals surface area contributed by atoms with Crippen LogP contribution in [-0.2, 0) is 4.79 Å².